The minimum absolute atomic E-state index is 0.0166. The van der Waals surface area contributed by atoms with E-state index < -0.39 is 47.4 Å². The van der Waals surface area contributed by atoms with Gasteiger partial charge in [0.25, 0.3) is 0 Å². The monoisotopic (exact) mass is 522 g/mol. The first-order valence-electron chi connectivity index (χ1n) is 10.3. The van der Waals surface area contributed by atoms with Gasteiger partial charge >= 0.3 is 12.4 Å². The van der Waals surface area contributed by atoms with Crippen molar-refractivity contribution in [2.75, 3.05) is 20.3 Å². The molecule has 0 aliphatic carbocycles. The molecule has 1 aromatic carbocycles. The van der Waals surface area contributed by atoms with Crippen LogP contribution in [0.1, 0.15) is 24.2 Å². The number of hydrogen-bond donors (Lipinski definition) is 2. The smallest absolute Gasteiger partial charge is 0.420 e. The molecule has 1 unspecified atom stereocenters. The molecule has 2 N–H and O–H groups in total. The van der Waals surface area contributed by atoms with Crippen LogP contribution in [0.3, 0.4) is 0 Å². The second-order valence-electron chi connectivity index (χ2n) is 7.70. The van der Waals surface area contributed by atoms with Crippen LogP contribution in [-0.2, 0) is 27.0 Å². The predicted molar refractivity (Wildman–Crippen MR) is 109 cm³/mol. The van der Waals surface area contributed by atoms with Gasteiger partial charge in [0.15, 0.2) is 5.75 Å². The molecule has 36 heavy (non-hydrogen) atoms. The van der Waals surface area contributed by atoms with Gasteiger partial charge in [0.1, 0.15) is 34.8 Å². The van der Waals surface area contributed by atoms with Gasteiger partial charge in [-0.2, -0.15) is 26.3 Å². The van der Waals surface area contributed by atoms with Crippen molar-refractivity contribution < 1.29 is 50.1 Å². The van der Waals surface area contributed by atoms with Gasteiger partial charge in [0, 0.05) is 13.0 Å². The highest BCUT2D eigenvalue weighted by molar-refractivity contribution is 5.92. The van der Waals surface area contributed by atoms with Crippen LogP contribution in [0.4, 0.5) is 26.3 Å². The number of amides is 2. The number of methoxy groups -OCH3 is 1. The van der Waals surface area contributed by atoms with Crippen LogP contribution in [0.15, 0.2) is 30.6 Å². The van der Waals surface area contributed by atoms with E-state index in [1.54, 1.807) is 0 Å². The van der Waals surface area contributed by atoms with Crippen molar-refractivity contribution >= 4 is 11.8 Å². The van der Waals surface area contributed by atoms with E-state index in [0.717, 1.165) is 24.5 Å². The third-order valence-corrected chi connectivity index (χ3v) is 5.00. The van der Waals surface area contributed by atoms with Crippen molar-refractivity contribution in [3.63, 3.8) is 0 Å². The summed E-state index contributed by atoms with van der Waals surface area (Å²) >= 11 is 0. The summed E-state index contributed by atoms with van der Waals surface area (Å²) in [5.41, 5.74) is -2.76. The van der Waals surface area contributed by atoms with Gasteiger partial charge in [-0.3, -0.25) is 9.59 Å². The number of nitrogens with zero attached hydrogens (tertiary/aromatic N) is 2. The van der Waals surface area contributed by atoms with Gasteiger partial charge in [-0.25, -0.2) is 9.97 Å². The standard InChI is InChI=1S/C21H20F6N4O5/c1-34-12-2-3-15(14(6-12)21(25,26)27)36-13-8-28-16(29-9-13)10-30-18(33)19(4-5-35-11-19)31-17(32)7-20(22,23)24/h2-3,6,8-9H,4-5,7,10-11H2,1H3,(H,30,33)(H,31,32). The van der Waals surface area contributed by atoms with Gasteiger partial charge in [0.05, 0.1) is 32.7 Å². The Bertz CT molecular complexity index is 1090. The summed E-state index contributed by atoms with van der Waals surface area (Å²) in [6, 6.07) is 3.13. The minimum atomic E-state index is -4.74. The zero-order valence-electron chi connectivity index (χ0n) is 18.6. The third kappa shape index (κ3) is 6.96. The number of benzene rings is 1. The fourth-order valence-electron chi connectivity index (χ4n) is 3.28. The highest BCUT2D eigenvalue weighted by Crippen LogP contribution is 2.40. The molecule has 0 radical (unpaired) electrons. The maximum Gasteiger partial charge on any atom is 0.420 e. The molecule has 2 amide bonds. The molecule has 0 bridgehead atoms. The summed E-state index contributed by atoms with van der Waals surface area (Å²) in [5, 5.41) is 4.51. The topological polar surface area (TPSA) is 112 Å². The molecule has 1 aromatic heterocycles. The average Bonchev–Trinajstić information content (AvgIpc) is 3.26. The van der Waals surface area contributed by atoms with Gasteiger partial charge < -0.3 is 24.8 Å². The van der Waals surface area contributed by atoms with Crippen LogP contribution in [-0.4, -0.2) is 53.8 Å². The van der Waals surface area contributed by atoms with Gasteiger partial charge in [-0.15, -0.1) is 0 Å². The number of ether oxygens (including phenoxy) is 3. The van der Waals surface area contributed by atoms with Gasteiger partial charge in [0.2, 0.25) is 11.8 Å². The second kappa shape index (κ2) is 10.6. The van der Waals surface area contributed by atoms with E-state index in [4.69, 9.17) is 14.2 Å². The molecule has 1 aliphatic heterocycles. The molecule has 1 atom stereocenters. The maximum absolute atomic E-state index is 13.3. The van der Waals surface area contributed by atoms with Crippen molar-refractivity contribution in [3.05, 3.63) is 42.0 Å². The number of carbonyl (C=O) groups is 2. The lowest BCUT2D eigenvalue weighted by atomic mass is 9.97. The summed E-state index contributed by atoms with van der Waals surface area (Å²) in [7, 11) is 1.22. The normalized spacial score (nSPS) is 18.0. The molecule has 9 nitrogen and oxygen atoms in total. The number of rotatable bonds is 8. The highest BCUT2D eigenvalue weighted by atomic mass is 19.4. The van der Waals surface area contributed by atoms with Crippen molar-refractivity contribution in [2.24, 2.45) is 0 Å². The molecule has 2 heterocycles. The zero-order valence-corrected chi connectivity index (χ0v) is 18.6. The summed E-state index contributed by atoms with van der Waals surface area (Å²) in [6.07, 6.45) is -9.09. The molecule has 15 heteroatoms. The lowest BCUT2D eigenvalue weighted by Crippen LogP contribution is -2.59. The molecule has 0 spiro atoms. The zero-order chi connectivity index (χ0) is 26.6. The Hall–Kier alpha value is -3.62. The molecule has 1 aliphatic rings. The first-order valence-corrected chi connectivity index (χ1v) is 10.3. The van der Waals surface area contributed by atoms with E-state index >= 15 is 0 Å². The molecule has 3 rings (SSSR count). The highest BCUT2D eigenvalue weighted by Gasteiger charge is 2.45. The quantitative estimate of drug-likeness (QED) is 0.513. The molecule has 1 fully saturated rings. The fraction of sp³-hybridized carbons (Fsp3) is 0.429. The number of nitrogens with one attached hydrogen (secondary N) is 2. The van der Waals surface area contributed by atoms with Crippen LogP contribution in [0.25, 0.3) is 0 Å². The van der Waals surface area contributed by atoms with Crippen molar-refractivity contribution in [1.29, 1.82) is 0 Å². The molecular weight excluding hydrogens is 502 g/mol. The number of alkyl halides is 6. The van der Waals surface area contributed by atoms with Crippen molar-refractivity contribution in [3.8, 4) is 17.2 Å². The van der Waals surface area contributed by atoms with E-state index in [1.807, 2.05) is 0 Å². The van der Waals surface area contributed by atoms with E-state index in [9.17, 15) is 35.9 Å². The van der Waals surface area contributed by atoms with Crippen LogP contribution in [0.5, 0.6) is 17.2 Å². The van der Waals surface area contributed by atoms with E-state index in [2.05, 4.69) is 20.6 Å². The van der Waals surface area contributed by atoms with Crippen LogP contribution in [0, 0.1) is 0 Å². The van der Waals surface area contributed by atoms with E-state index in [-0.39, 0.29) is 43.5 Å². The molecule has 196 valence electrons. The summed E-state index contributed by atoms with van der Waals surface area (Å²) in [5.74, 6) is -2.80. The molecule has 0 saturated carbocycles. The van der Waals surface area contributed by atoms with Gasteiger partial charge in [-0.1, -0.05) is 0 Å². The Balaban J connectivity index is 1.64. The maximum atomic E-state index is 13.3. The Labute approximate surface area is 200 Å². The third-order valence-electron chi connectivity index (χ3n) is 5.00. The van der Waals surface area contributed by atoms with Gasteiger partial charge in [-0.05, 0) is 18.2 Å². The number of halogens is 6. The predicted octanol–water partition coefficient (Wildman–Crippen LogP) is 3.14. The summed E-state index contributed by atoms with van der Waals surface area (Å²) < 4.78 is 92.6. The van der Waals surface area contributed by atoms with E-state index in [1.165, 1.54) is 13.2 Å². The second-order valence-corrected chi connectivity index (χ2v) is 7.70. The van der Waals surface area contributed by atoms with Crippen LogP contribution < -0.4 is 20.1 Å². The summed E-state index contributed by atoms with van der Waals surface area (Å²) in [4.78, 5) is 32.2. The minimum Gasteiger partial charge on any atom is -0.497 e. The first kappa shape index (κ1) is 27.0. The Morgan fingerprint density at radius 1 is 1.11 bits per heavy atom. The number of hydrogen-bond acceptors (Lipinski definition) is 7. The Morgan fingerprint density at radius 2 is 1.81 bits per heavy atom. The Kier molecular flexibility index (Phi) is 7.91. The van der Waals surface area contributed by atoms with Crippen LogP contribution >= 0.6 is 0 Å². The molecule has 2 aromatic rings. The molecule has 1 saturated heterocycles. The van der Waals surface area contributed by atoms with E-state index in [0.29, 0.717) is 0 Å². The average molecular weight is 522 g/mol. The SMILES string of the molecule is COc1ccc(Oc2cnc(CNC(=O)C3(NC(=O)CC(F)(F)F)CCOC3)nc2)c(C(F)(F)F)c1. The largest absolute Gasteiger partial charge is 0.497 e. The van der Waals surface area contributed by atoms with Crippen molar-refractivity contribution in [1.82, 2.24) is 20.6 Å². The lowest BCUT2D eigenvalue weighted by molar-refractivity contribution is -0.156. The van der Waals surface area contributed by atoms with Crippen LogP contribution in [0.2, 0.25) is 0 Å². The molecular formula is C21H20F6N4O5. The summed E-state index contributed by atoms with van der Waals surface area (Å²) in [6.45, 7) is -0.556. The first-order chi connectivity index (χ1) is 16.8. The lowest BCUT2D eigenvalue weighted by Gasteiger charge is -2.27. The fourth-order valence-corrected chi connectivity index (χ4v) is 3.28. The van der Waals surface area contributed by atoms with Crippen molar-refractivity contribution in [2.45, 2.75) is 37.3 Å². The number of carbonyl (C=O) groups excluding carboxylic acids is 2. The number of aromatic nitrogens is 2. The Morgan fingerprint density at radius 3 is 2.36 bits per heavy atom.